The molecule has 0 unspecified atom stereocenters. The molecule has 0 aromatic heterocycles. The Morgan fingerprint density at radius 1 is 1.28 bits per heavy atom. The third-order valence-electron chi connectivity index (χ3n) is 2.31. The Kier molecular flexibility index (Phi) is 3.85. The van der Waals surface area contributed by atoms with Gasteiger partial charge in [-0.3, -0.25) is 0 Å². The largest absolute Gasteiger partial charge is 0.352 e. The molecule has 0 atom stereocenters. The highest BCUT2D eigenvalue weighted by Crippen LogP contribution is 2.34. The van der Waals surface area contributed by atoms with Crippen molar-refractivity contribution < 1.29 is 4.39 Å². The topological polar surface area (TPSA) is 35.8 Å². The average molecular weight is 326 g/mol. The van der Waals surface area contributed by atoms with Crippen molar-refractivity contribution in [3.8, 4) is 6.07 Å². The Bertz CT molecular complexity index is 614. The Morgan fingerprint density at radius 2 is 2.00 bits per heavy atom. The Labute approximate surface area is 117 Å². The van der Waals surface area contributed by atoms with Gasteiger partial charge in [-0.1, -0.05) is 23.7 Å². The summed E-state index contributed by atoms with van der Waals surface area (Å²) < 4.78 is 13.6. The second-order valence-electron chi connectivity index (χ2n) is 3.53. The first-order chi connectivity index (χ1) is 8.61. The van der Waals surface area contributed by atoms with Crippen molar-refractivity contribution in [3.05, 3.63) is 57.3 Å². The van der Waals surface area contributed by atoms with Gasteiger partial charge in [0, 0.05) is 4.47 Å². The molecule has 0 spiro atoms. The smallest absolute Gasteiger partial charge is 0.125 e. The van der Waals surface area contributed by atoms with Crippen LogP contribution in [0.5, 0.6) is 0 Å². The molecule has 1 N–H and O–H groups in total. The van der Waals surface area contributed by atoms with Gasteiger partial charge in [-0.15, -0.1) is 0 Å². The van der Waals surface area contributed by atoms with E-state index in [2.05, 4.69) is 27.3 Å². The molecule has 0 heterocycles. The number of hydrogen-bond donors (Lipinski definition) is 1. The van der Waals surface area contributed by atoms with Crippen molar-refractivity contribution in [3.63, 3.8) is 0 Å². The van der Waals surface area contributed by atoms with E-state index in [1.807, 2.05) is 0 Å². The highest BCUT2D eigenvalue weighted by Gasteiger charge is 2.10. The minimum atomic E-state index is -0.425. The zero-order valence-corrected chi connectivity index (χ0v) is 11.4. The summed E-state index contributed by atoms with van der Waals surface area (Å²) >= 11 is 9.20. The highest BCUT2D eigenvalue weighted by atomic mass is 79.9. The number of nitrogens with one attached hydrogen (secondary N) is 1. The summed E-state index contributed by atoms with van der Waals surface area (Å²) in [5.41, 5.74) is 1.64. The first-order valence-corrected chi connectivity index (χ1v) is 6.19. The van der Waals surface area contributed by atoms with E-state index in [9.17, 15) is 4.39 Å². The van der Waals surface area contributed by atoms with Crippen molar-refractivity contribution >= 4 is 38.9 Å². The van der Waals surface area contributed by atoms with Crippen LogP contribution in [0.1, 0.15) is 5.56 Å². The van der Waals surface area contributed by atoms with Gasteiger partial charge in [0.05, 0.1) is 22.0 Å². The number of benzene rings is 2. The third-order valence-corrected chi connectivity index (χ3v) is 3.24. The predicted octanol–water partition coefficient (Wildman–Crippen LogP) is 4.86. The molecular weight excluding hydrogens is 319 g/mol. The van der Waals surface area contributed by atoms with E-state index in [0.717, 1.165) is 0 Å². The molecule has 0 aliphatic rings. The van der Waals surface area contributed by atoms with Crippen molar-refractivity contribution in [2.75, 3.05) is 5.32 Å². The fourth-order valence-electron chi connectivity index (χ4n) is 1.49. The molecule has 2 aromatic rings. The van der Waals surface area contributed by atoms with Crippen molar-refractivity contribution in [2.24, 2.45) is 0 Å². The summed E-state index contributed by atoms with van der Waals surface area (Å²) in [6.07, 6.45) is 0. The van der Waals surface area contributed by atoms with Crippen LogP contribution in [0.25, 0.3) is 0 Å². The molecule has 2 rings (SSSR count). The van der Waals surface area contributed by atoms with E-state index in [0.29, 0.717) is 21.4 Å². The second-order valence-corrected chi connectivity index (χ2v) is 4.79. The van der Waals surface area contributed by atoms with Gasteiger partial charge in [0.2, 0.25) is 0 Å². The van der Waals surface area contributed by atoms with Crippen LogP contribution in [-0.4, -0.2) is 0 Å². The first kappa shape index (κ1) is 12.9. The van der Waals surface area contributed by atoms with E-state index in [1.165, 1.54) is 12.1 Å². The molecule has 0 radical (unpaired) electrons. The standard InChI is InChI=1S/C13H7BrClFN2/c14-10-5-9(16)6-11(15)13(10)18-12-4-2-1-3-8(12)7-17/h1-6,18H. The number of halogens is 3. The second kappa shape index (κ2) is 5.38. The Balaban J connectivity index is 2.44. The number of hydrogen-bond acceptors (Lipinski definition) is 2. The maximum atomic E-state index is 13.1. The van der Waals surface area contributed by atoms with Crippen LogP contribution in [0, 0.1) is 17.1 Å². The highest BCUT2D eigenvalue weighted by molar-refractivity contribution is 9.10. The number of nitrogens with zero attached hydrogens (tertiary/aromatic N) is 1. The molecular formula is C13H7BrClFN2. The van der Waals surface area contributed by atoms with Crippen LogP contribution < -0.4 is 5.32 Å². The summed E-state index contributed by atoms with van der Waals surface area (Å²) in [4.78, 5) is 0. The summed E-state index contributed by atoms with van der Waals surface area (Å²) in [6.45, 7) is 0. The van der Waals surface area contributed by atoms with E-state index >= 15 is 0 Å². The normalized spacial score (nSPS) is 9.89. The lowest BCUT2D eigenvalue weighted by molar-refractivity contribution is 0.627. The Morgan fingerprint density at radius 3 is 2.67 bits per heavy atom. The Hall–Kier alpha value is -1.57. The summed E-state index contributed by atoms with van der Waals surface area (Å²) in [5, 5.41) is 12.2. The SMILES string of the molecule is N#Cc1ccccc1Nc1c(Cl)cc(F)cc1Br. The molecule has 0 saturated carbocycles. The maximum absolute atomic E-state index is 13.1. The van der Waals surface area contributed by atoms with Crippen LogP contribution in [-0.2, 0) is 0 Å². The van der Waals surface area contributed by atoms with Gasteiger partial charge in [-0.25, -0.2) is 4.39 Å². The zero-order chi connectivity index (χ0) is 13.1. The molecule has 0 bridgehead atoms. The van der Waals surface area contributed by atoms with Gasteiger partial charge < -0.3 is 5.32 Å². The molecule has 18 heavy (non-hydrogen) atoms. The quantitative estimate of drug-likeness (QED) is 0.856. The molecule has 0 fully saturated rings. The van der Waals surface area contributed by atoms with Gasteiger partial charge >= 0.3 is 0 Å². The minimum absolute atomic E-state index is 0.245. The average Bonchev–Trinajstić information content (AvgIpc) is 2.34. The third kappa shape index (κ3) is 2.63. The van der Waals surface area contributed by atoms with Gasteiger partial charge in [0.15, 0.2) is 0 Å². The number of rotatable bonds is 2. The predicted molar refractivity (Wildman–Crippen MR) is 73.5 cm³/mol. The maximum Gasteiger partial charge on any atom is 0.125 e. The van der Waals surface area contributed by atoms with E-state index in [1.54, 1.807) is 24.3 Å². The summed E-state index contributed by atoms with van der Waals surface area (Å²) in [5.74, 6) is -0.425. The van der Waals surface area contributed by atoms with Crippen LogP contribution in [0.2, 0.25) is 5.02 Å². The van der Waals surface area contributed by atoms with E-state index in [4.69, 9.17) is 16.9 Å². The molecule has 2 nitrogen and oxygen atoms in total. The molecule has 0 saturated heterocycles. The van der Waals surface area contributed by atoms with Gasteiger partial charge in [-0.2, -0.15) is 5.26 Å². The monoisotopic (exact) mass is 324 g/mol. The van der Waals surface area contributed by atoms with Crippen molar-refractivity contribution in [2.45, 2.75) is 0 Å². The fraction of sp³-hybridized carbons (Fsp3) is 0. The van der Waals surface area contributed by atoms with E-state index in [-0.39, 0.29) is 5.02 Å². The molecule has 90 valence electrons. The lowest BCUT2D eigenvalue weighted by atomic mass is 10.2. The van der Waals surface area contributed by atoms with E-state index < -0.39 is 5.82 Å². The van der Waals surface area contributed by atoms with Crippen LogP contribution >= 0.6 is 27.5 Å². The van der Waals surface area contributed by atoms with Crippen LogP contribution in [0.15, 0.2) is 40.9 Å². The number of para-hydroxylation sites is 1. The minimum Gasteiger partial charge on any atom is -0.352 e. The lowest BCUT2D eigenvalue weighted by Crippen LogP contribution is -1.96. The van der Waals surface area contributed by atoms with Gasteiger partial charge in [0.1, 0.15) is 11.9 Å². The molecule has 2 aromatic carbocycles. The lowest BCUT2D eigenvalue weighted by Gasteiger charge is -2.11. The first-order valence-electron chi connectivity index (χ1n) is 5.02. The molecule has 0 aliphatic carbocycles. The van der Waals surface area contributed by atoms with Crippen molar-refractivity contribution in [1.82, 2.24) is 0 Å². The number of anilines is 2. The van der Waals surface area contributed by atoms with Crippen LogP contribution in [0.3, 0.4) is 0 Å². The van der Waals surface area contributed by atoms with Gasteiger partial charge in [0.25, 0.3) is 0 Å². The zero-order valence-electron chi connectivity index (χ0n) is 9.05. The van der Waals surface area contributed by atoms with Crippen molar-refractivity contribution in [1.29, 1.82) is 5.26 Å². The fourth-order valence-corrected chi connectivity index (χ4v) is 2.38. The molecule has 5 heteroatoms. The van der Waals surface area contributed by atoms with Crippen LogP contribution in [0.4, 0.5) is 15.8 Å². The number of nitriles is 1. The molecule has 0 amide bonds. The summed E-state index contributed by atoms with van der Waals surface area (Å²) in [6, 6.07) is 11.6. The summed E-state index contributed by atoms with van der Waals surface area (Å²) in [7, 11) is 0. The van der Waals surface area contributed by atoms with Gasteiger partial charge in [-0.05, 0) is 40.2 Å². The molecule has 0 aliphatic heterocycles.